The van der Waals surface area contributed by atoms with Crippen LogP contribution >= 0.6 is 0 Å². The standard InChI is InChI=1S/C12H12N6O/c1-2-5-18-7-8(10(13)17-18)11-14-12(16-15-11)9-4-3-6-19-9/h2-4,6-7H,1,5H2,(H2,13,17)(H,14,15,16). The molecule has 3 rings (SSSR count). The van der Waals surface area contributed by atoms with Gasteiger partial charge in [0.25, 0.3) is 0 Å². The van der Waals surface area contributed by atoms with Gasteiger partial charge >= 0.3 is 0 Å². The number of aromatic amines is 1. The lowest BCUT2D eigenvalue weighted by atomic mass is 10.3. The molecule has 19 heavy (non-hydrogen) atoms. The van der Waals surface area contributed by atoms with Gasteiger partial charge in [0.1, 0.15) is 0 Å². The summed E-state index contributed by atoms with van der Waals surface area (Å²) in [7, 11) is 0. The number of furan rings is 1. The maximum atomic E-state index is 5.85. The molecule has 0 atom stereocenters. The normalized spacial score (nSPS) is 10.7. The van der Waals surface area contributed by atoms with Gasteiger partial charge in [-0.05, 0) is 12.1 Å². The highest BCUT2D eigenvalue weighted by molar-refractivity contribution is 5.68. The first-order valence-corrected chi connectivity index (χ1v) is 5.68. The molecule has 0 radical (unpaired) electrons. The van der Waals surface area contributed by atoms with Crippen molar-refractivity contribution >= 4 is 5.82 Å². The summed E-state index contributed by atoms with van der Waals surface area (Å²) in [6.07, 6.45) is 5.10. The van der Waals surface area contributed by atoms with Crippen LogP contribution in [0.15, 0.2) is 41.7 Å². The van der Waals surface area contributed by atoms with Gasteiger partial charge in [-0.1, -0.05) is 6.08 Å². The van der Waals surface area contributed by atoms with Crippen molar-refractivity contribution in [3.8, 4) is 23.0 Å². The average Bonchev–Trinajstić information content (AvgIpc) is 3.07. The van der Waals surface area contributed by atoms with E-state index in [1.54, 1.807) is 35.4 Å². The van der Waals surface area contributed by atoms with Gasteiger partial charge in [0.15, 0.2) is 23.2 Å². The van der Waals surface area contributed by atoms with Crippen molar-refractivity contribution in [2.75, 3.05) is 5.73 Å². The van der Waals surface area contributed by atoms with Crippen LogP contribution in [-0.2, 0) is 6.54 Å². The predicted molar refractivity (Wildman–Crippen MR) is 69.9 cm³/mol. The number of nitrogens with two attached hydrogens (primary N) is 1. The molecule has 0 bridgehead atoms. The van der Waals surface area contributed by atoms with E-state index in [1.165, 1.54) is 0 Å². The Hall–Kier alpha value is -2.83. The maximum Gasteiger partial charge on any atom is 0.192 e. The van der Waals surface area contributed by atoms with Crippen LogP contribution in [-0.4, -0.2) is 25.0 Å². The number of nitrogen functional groups attached to an aromatic ring is 1. The van der Waals surface area contributed by atoms with E-state index in [-0.39, 0.29) is 0 Å². The van der Waals surface area contributed by atoms with Gasteiger partial charge in [0, 0.05) is 6.20 Å². The summed E-state index contributed by atoms with van der Waals surface area (Å²) in [6.45, 7) is 4.24. The Morgan fingerprint density at radius 1 is 1.53 bits per heavy atom. The van der Waals surface area contributed by atoms with Crippen molar-refractivity contribution in [1.29, 1.82) is 0 Å². The molecule has 0 aliphatic heterocycles. The first-order chi connectivity index (χ1) is 9.28. The fourth-order valence-electron chi connectivity index (χ4n) is 1.74. The molecule has 0 spiro atoms. The third-order valence-electron chi connectivity index (χ3n) is 2.59. The third kappa shape index (κ3) is 2.01. The minimum absolute atomic E-state index is 0.381. The molecular weight excluding hydrogens is 244 g/mol. The van der Waals surface area contributed by atoms with Crippen molar-refractivity contribution in [3.63, 3.8) is 0 Å². The van der Waals surface area contributed by atoms with Crippen molar-refractivity contribution in [1.82, 2.24) is 25.0 Å². The number of rotatable bonds is 4. The molecule has 0 aliphatic rings. The Morgan fingerprint density at radius 2 is 2.42 bits per heavy atom. The van der Waals surface area contributed by atoms with Crippen LogP contribution in [0.5, 0.6) is 0 Å². The highest BCUT2D eigenvalue weighted by atomic mass is 16.3. The highest BCUT2D eigenvalue weighted by Gasteiger charge is 2.14. The van der Waals surface area contributed by atoms with E-state index >= 15 is 0 Å². The number of nitrogens with zero attached hydrogens (tertiary/aromatic N) is 4. The Bertz CT molecular complexity index is 694. The zero-order valence-corrected chi connectivity index (χ0v) is 10.1. The Balaban J connectivity index is 1.96. The minimum Gasteiger partial charge on any atom is -0.461 e. The Kier molecular flexibility index (Phi) is 2.64. The molecular formula is C12H12N6O. The van der Waals surface area contributed by atoms with Gasteiger partial charge in [0.2, 0.25) is 0 Å². The lowest BCUT2D eigenvalue weighted by Gasteiger charge is -1.90. The smallest absolute Gasteiger partial charge is 0.192 e. The molecule has 0 fully saturated rings. The molecule has 7 nitrogen and oxygen atoms in total. The van der Waals surface area contributed by atoms with Gasteiger partial charge in [-0.25, -0.2) is 4.98 Å². The quantitative estimate of drug-likeness (QED) is 0.692. The number of hydrogen-bond donors (Lipinski definition) is 2. The third-order valence-corrected chi connectivity index (χ3v) is 2.59. The van der Waals surface area contributed by atoms with E-state index < -0.39 is 0 Å². The molecule has 96 valence electrons. The summed E-state index contributed by atoms with van der Waals surface area (Å²) < 4.78 is 6.92. The molecule has 0 saturated heterocycles. The topological polar surface area (TPSA) is 98.5 Å². The predicted octanol–water partition coefficient (Wildman–Crippen LogP) is 1.70. The maximum absolute atomic E-state index is 5.85. The molecule has 3 heterocycles. The fourth-order valence-corrected chi connectivity index (χ4v) is 1.74. The zero-order chi connectivity index (χ0) is 13.2. The molecule has 7 heteroatoms. The van der Waals surface area contributed by atoms with Gasteiger partial charge in [-0.3, -0.25) is 9.78 Å². The number of nitrogens with one attached hydrogen (secondary N) is 1. The first kappa shape index (κ1) is 11.3. The van der Waals surface area contributed by atoms with E-state index in [9.17, 15) is 0 Å². The van der Waals surface area contributed by atoms with Gasteiger partial charge in [-0.2, -0.15) is 10.2 Å². The van der Waals surface area contributed by atoms with Gasteiger partial charge in [0.05, 0.1) is 18.4 Å². The summed E-state index contributed by atoms with van der Waals surface area (Å²) in [5.41, 5.74) is 6.52. The van der Waals surface area contributed by atoms with Crippen LogP contribution in [0.1, 0.15) is 0 Å². The molecule has 3 aromatic heterocycles. The SMILES string of the molecule is C=CCn1cc(-c2n[nH]c(-c3ccco3)n2)c(N)n1. The number of aromatic nitrogens is 5. The summed E-state index contributed by atoms with van der Waals surface area (Å²) in [6, 6.07) is 3.59. The minimum atomic E-state index is 0.381. The van der Waals surface area contributed by atoms with Crippen LogP contribution in [0.3, 0.4) is 0 Å². The second kappa shape index (κ2) is 4.45. The molecule has 0 unspecified atom stereocenters. The largest absolute Gasteiger partial charge is 0.461 e. The van der Waals surface area contributed by atoms with Crippen LogP contribution in [0.25, 0.3) is 23.0 Å². The molecule has 0 saturated carbocycles. The number of anilines is 1. The van der Waals surface area contributed by atoms with Crippen molar-refractivity contribution in [2.24, 2.45) is 0 Å². The highest BCUT2D eigenvalue weighted by Crippen LogP contribution is 2.23. The summed E-state index contributed by atoms with van der Waals surface area (Å²) in [4.78, 5) is 4.34. The second-order valence-electron chi connectivity index (χ2n) is 3.92. The van der Waals surface area contributed by atoms with E-state index in [2.05, 4.69) is 26.9 Å². The van der Waals surface area contributed by atoms with Crippen LogP contribution in [0.2, 0.25) is 0 Å². The van der Waals surface area contributed by atoms with Crippen LogP contribution in [0.4, 0.5) is 5.82 Å². The number of H-pyrrole nitrogens is 1. The summed E-state index contributed by atoms with van der Waals surface area (Å²) >= 11 is 0. The molecule has 0 aliphatic carbocycles. The number of allylic oxidation sites excluding steroid dienone is 1. The van der Waals surface area contributed by atoms with Crippen LogP contribution < -0.4 is 5.73 Å². The summed E-state index contributed by atoms with van der Waals surface area (Å²) in [5, 5.41) is 11.1. The van der Waals surface area contributed by atoms with Crippen molar-refractivity contribution in [3.05, 3.63) is 37.2 Å². The van der Waals surface area contributed by atoms with Gasteiger partial charge in [-0.15, -0.1) is 6.58 Å². The Morgan fingerprint density at radius 3 is 3.16 bits per heavy atom. The monoisotopic (exact) mass is 256 g/mol. The van der Waals surface area contributed by atoms with Crippen molar-refractivity contribution in [2.45, 2.75) is 6.54 Å². The zero-order valence-electron chi connectivity index (χ0n) is 10.1. The average molecular weight is 256 g/mol. The molecule has 0 amide bonds. The van der Waals surface area contributed by atoms with Crippen LogP contribution in [0, 0.1) is 0 Å². The second-order valence-corrected chi connectivity index (χ2v) is 3.92. The summed E-state index contributed by atoms with van der Waals surface area (Å²) in [5.74, 6) is 2.04. The van der Waals surface area contributed by atoms with Gasteiger partial charge < -0.3 is 10.2 Å². The molecule has 0 aromatic carbocycles. The van der Waals surface area contributed by atoms with E-state index in [4.69, 9.17) is 10.2 Å². The van der Waals surface area contributed by atoms with Crippen molar-refractivity contribution < 1.29 is 4.42 Å². The van der Waals surface area contributed by atoms with E-state index in [0.29, 0.717) is 35.3 Å². The molecule has 3 N–H and O–H groups in total. The number of hydrogen-bond acceptors (Lipinski definition) is 5. The molecule has 3 aromatic rings. The fraction of sp³-hybridized carbons (Fsp3) is 0.0833. The van der Waals surface area contributed by atoms with E-state index in [1.807, 2.05) is 0 Å². The van der Waals surface area contributed by atoms with E-state index in [0.717, 1.165) is 0 Å². The lowest BCUT2D eigenvalue weighted by Crippen LogP contribution is -1.96. The first-order valence-electron chi connectivity index (χ1n) is 5.68. The Labute approximate surface area is 108 Å². The lowest BCUT2D eigenvalue weighted by molar-refractivity contribution is 0.577.